The normalized spacial score (nSPS) is 41.8. The van der Waals surface area contributed by atoms with Crippen LogP contribution >= 0.6 is 0 Å². The third kappa shape index (κ3) is 3.99. The Morgan fingerprint density at radius 2 is 1.86 bits per heavy atom. The van der Waals surface area contributed by atoms with Gasteiger partial charge in [-0.15, -0.1) is 0 Å². The predicted octanol–water partition coefficient (Wildman–Crippen LogP) is 4.42. The van der Waals surface area contributed by atoms with Crippen LogP contribution in [0.1, 0.15) is 80.1 Å². The maximum atomic E-state index is 11.9. The Bertz CT molecular complexity index is 697. The minimum atomic E-state index is -0.844. The quantitative estimate of drug-likeness (QED) is 0.553. The fourth-order valence-electron chi connectivity index (χ4n) is 6.58. The van der Waals surface area contributed by atoms with Gasteiger partial charge in [-0.3, -0.25) is 9.59 Å². The van der Waals surface area contributed by atoms with Crippen LogP contribution in [0.5, 0.6) is 0 Å². The van der Waals surface area contributed by atoms with Crippen LogP contribution in [0.2, 0.25) is 0 Å². The molecule has 3 aliphatic rings. The van der Waals surface area contributed by atoms with Crippen molar-refractivity contribution in [2.24, 2.45) is 28.6 Å². The second kappa shape index (κ2) is 7.72. The van der Waals surface area contributed by atoms with Gasteiger partial charge >= 0.3 is 11.9 Å². The molecule has 3 rings (SSSR count). The first kappa shape index (κ1) is 22.3. The molecule has 2 saturated carbocycles. The lowest BCUT2D eigenvalue weighted by Crippen LogP contribution is -2.57. The SMILES string of the molecule is CC(=O)OCC1(C)CCCC2(C)C3CCC(O)(C(C)C)C=C3C(OC(C)=O)CC12. The molecule has 3 aliphatic carbocycles. The fourth-order valence-corrected chi connectivity index (χ4v) is 6.58. The Morgan fingerprint density at radius 3 is 2.45 bits per heavy atom. The van der Waals surface area contributed by atoms with Gasteiger partial charge in [0.2, 0.25) is 0 Å². The average molecular weight is 407 g/mol. The van der Waals surface area contributed by atoms with Crippen molar-refractivity contribution in [1.82, 2.24) is 0 Å². The van der Waals surface area contributed by atoms with Crippen molar-refractivity contribution >= 4 is 11.9 Å². The zero-order valence-corrected chi connectivity index (χ0v) is 18.9. The standard InChI is InChI=1S/C24H38O5/c1-15(2)24(27)11-8-19-18(13-24)20(29-17(4)26)12-21-22(5,14-28-16(3)25)9-7-10-23(19,21)6/h13,15,19-21,27H,7-12,14H2,1-6H3. The third-order valence-corrected chi connectivity index (χ3v) is 8.28. The Kier molecular flexibility index (Phi) is 5.94. The Hall–Kier alpha value is -1.36. The highest BCUT2D eigenvalue weighted by Crippen LogP contribution is 2.64. The van der Waals surface area contributed by atoms with Crippen molar-refractivity contribution in [3.05, 3.63) is 11.6 Å². The minimum Gasteiger partial charge on any atom is -0.465 e. The number of esters is 2. The van der Waals surface area contributed by atoms with Crippen molar-refractivity contribution in [3.63, 3.8) is 0 Å². The number of hydrogen-bond donors (Lipinski definition) is 1. The summed E-state index contributed by atoms with van der Waals surface area (Å²) in [5, 5.41) is 11.2. The maximum absolute atomic E-state index is 11.9. The average Bonchev–Trinajstić information content (AvgIpc) is 2.61. The first-order valence-corrected chi connectivity index (χ1v) is 11.2. The van der Waals surface area contributed by atoms with Crippen molar-refractivity contribution in [3.8, 4) is 0 Å². The highest BCUT2D eigenvalue weighted by molar-refractivity contribution is 5.66. The number of fused-ring (bicyclic) bond motifs is 3. The summed E-state index contributed by atoms with van der Waals surface area (Å²) >= 11 is 0. The van der Waals surface area contributed by atoms with E-state index in [0.29, 0.717) is 12.5 Å². The van der Waals surface area contributed by atoms with Gasteiger partial charge in [-0.1, -0.05) is 34.1 Å². The third-order valence-electron chi connectivity index (χ3n) is 8.28. The summed E-state index contributed by atoms with van der Waals surface area (Å²) in [5.41, 5.74) is 0.184. The van der Waals surface area contributed by atoms with E-state index in [2.05, 4.69) is 13.8 Å². The lowest BCUT2D eigenvalue weighted by molar-refractivity contribution is -0.165. The second-order valence-electron chi connectivity index (χ2n) is 10.6. The van der Waals surface area contributed by atoms with Crippen LogP contribution in [-0.2, 0) is 19.1 Å². The van der Waals surface area contributed by atoms with Crippen LogP contribution in [0, 0.1) is 28.6 Å². The van der Waals surface area contributed by atoms with E-state index in [0.717, 1.165) is 44.1 Å². The topological polar surface area (TPSA) is 72.8 Å². The lowest BCUT2D eigenvalue weighted by Gasteiger charge is -2.61. The highest BCUT2D eigenvalue weighted by atomic mass is 16.5. The van der Waals surface area contributed by atoms with Crippen molar-refractivity contribution in [2.45, 2.75) is 91.8 Å². The van der Waals surface area contributed by atoms with Crippen LogP contribution in [0.15, 0.2) is 11.6 Å². The molecule has 0 saturated heterocycles. The highest BCUT2D eigenvalue weighted by Gasteiger charge is 2.59. The largest absolute Gasteiger partial charge is 0.465 e. The molecule has 0 heterocycles. The van der Waals surface area contributed by atoms with Gasteiger partial charge in [0.25, 0.3) is 0 Å². The molecule has 0 amide bonds. The van der Waals surface area contributed by atoms with E-state index in [9.17, 15) is 14.7 Å². The van der Waals surface area contributed by atoms with Crippen molar-refractivity contribution in [1.29, 1.82) is 0 Å². The molecule has 6 atom stereocenters. The van der Waals surface area contributed by atoms with E-state index >= 15 is 0 Å². The summed E-state index contributed by atoms with van der Waals surface area (Å²) in [6.45, 7) is 12.0. The molecule has 5 nitrogen and oxygen atoms in total. The smallest absolute Gasteiger partial charge is 0.303 e. The molecule has 1 N–H and O–H groups in total. The summed E-state index contributed by atoms with van der Waals surface area (Å²) < 4.78 is 11.3. The number of carbonyl (C=O) groups excluding carboxylic acids is 2. The number of ether oxygens (including phenoxy) is 2. The Morgan fingerprint density at radius 1 is 1.17 bits per heavy atom. The van der Waals surface area contributed by atoms with Crippen LogP contribution in [0.25, 0.3) is 0 Å². The molecule has 0 spiro atoms. The van der Waals surface area contributed by atoms with Gasteiger partial charge in [0, 0.05) is 19.3 Å². The van der Waals surface area contributed by atoms with E-state index in [4.69, 9.17) is 9.47 Å². The summed E-state index contributed by atoms with van der Waals surface area (Å²) in [6, 6.07) is 0. The molecule has 0 aromatic carbocycles. The molecule has 29 heavy (non-hydrogen) atoms. The monoisotopic (exact) mass is 406 g/mol. The van der Waals surface area contributed by atoms with Crippen LogP contribution < -0.4 is 0 Å². The zero-order valence-electron chi connectivity index (χ0n) is 18.9. The van der Waals surface area contributed by atoms with E-state index in [1.54, 1.807) is 0 Å². The van der Waals surface area contributed by atoms with E-state index in [1.165, 1.54) is 13.8 Å². The van der Waals surface area contributed by atoms with E-state index in [1.807, 2.05) is 19.9 Å². The Labute approximate surface area is 175 Å². The number of rotatable bonds is 4. The van der Waals surface area contributed by atoms with Gasteiger partial charge in [0.15, 0.2) is 0 Å². The molecular formula is C24H38O5. The summed E-state index contributed by atoms with van der Waals surface area (Å²) in [5.74, 6) is 0.155. The molecule has 5 heteroatoms. The van der Waals surface area contributed by atoms with Gasteiger partial charge in [-0.05, 0) is 66.9 Å². The number of hydrogen-bond acceptors (Lipinski definition) is 5. The number of aliphatic hydroxyl groups is 1. The predicted molar refractivity (Wildman–Crippen MR) is 111 cm³/mol. The molecular weight excluding hydrogens is 368 g/mol. The maximum Gasteiger partial charge on any atom is 0.303 e. The van der Waals surface area contributed by atoms with Gasteiger partial charge in [0.05, 0.1) is 12.2 Å². The first-order valence-electron chi connectivity index (χ1n) is 11.2. The van der Waals surface area contributed by atoms with Gasteiger partial charge in [-0.2, -0.15) is 0 Å². The summed E-state index contributed by atoms with van der Waals surface area (Å²) in [4.78, 5) is 23.4. The summed E-state index contributed by atoms with van der Waals surface area (Å²) in [7, 11) is 0. The molecule has 164 valence electrons. The molecule has 0 radical (unpaired) electrons. The second-order valence-corrected chi connectivity index (χ2v) is 10.6. The number of carbonyl (C=O) groups is 2. The van der Waals surface area contributed by atoms with Gasteiger partial charge in [0.1, 0.15) is 6.10 Å². The van der Waals surface area contributed by atoms with E-state index in [-0.39, 0.29) is 40.7 Å². The van der Waals surface area contributed by atoms with Crippen LogP contribution in [0.4, 0.5) is 0 Å². The molecule has 0 aliphatic heterocycles. The molecule has 6 unspecified atom stereocenters. The van der Waals surface area contributed by atoms with E-state index < -0.39 is 5.60 Å². The summed E-state index contributed by atoms with van der Waals surface area (Å²) in [6.07, 6.45) is 7.29. The first-order chi connectivity index (χ1) is 13.4. The molecule has 0 aromatic rings. The molecule has 0 aromatic heterocycles. The van der Waals surface area contributed by atoms with Gasteiger partial charge in [-0.25, -0.2) is 0 Å². The van der Waals surface area contributed by atoms with Crippen molar-refractivity contribution < 1.29 is 24.2 Å². The van der Waals surface area contributed by atoms with Crippen LogP contribution in [-0.4, -0.2) is 35.4 Å². The molecule has 0 bridgehead atoms. The minimum absolute atomic E-state index is 0.0495. The Balaban J connectivity index is 2.02. The fraction of sp³-hybridized carbons (Fsp3) is 0.833. The van der Waals surface area contributed by atoms with Gasteiger partial charge < -0.3 is 14.6 Å². The van der Waals surface area contributed by atoms with Crippen molar-refractivity contribution in [2.75, 3.05) is 6.61 Å². The lowest BCUT2D eigenvalue weighted by atomic mass is 9.45. The zero-order chi connectivity index (χ0) is 21.6. The molecule has 2 fully saturated rings. The van der Waals surface area contributed by atoms with Crippen LogP contribution in [0.3, 0.4) is 0 Å².